The van der Waals surface area contributed by atoms with Gasteiger partial charge in [-0.3, -0.25) is 14.8 Å². The molecule has 0 saturated heterocycles. The molecule has 5 heterocycles. The Morgan fingerprint density at radius 3 is 2.84 bits per heavy atom. The van der Waals surface area contributed by atoms with Crippen LogP contribution >= 0.6 is 0 Å². The predicted molar refractivity (Wildman–Crippen MR) is 143 cm³/mol. The Kier molecular flexibility index (Phi) is 5.93. The first-order valence-corrected chi connectivity index (χ1v) is 13.8. The molecule has 0 unspecified atom stereocenters. The number of sulfone groups is 1. The van der Waals surface area contributed by atoms with Gasteiger partial charge in [0.15, 0.2) is 9.84 Å². The van der Waals surface area contributed by atoms with Crippen molar-refractivity contribution in [1.82, 2.24) is 24.8 Å². The minimum atomic E-state index is -3.50. The molecule has 9 nitrogen and oxygen atoms in total. The second-order valence-electron chi connectivity index (χ2n) is 9.41. The second-order valence-corrected chi connectivity index (χ2v) is 11.5. The van der Waals surface area contributed by atoms with Crippen molar-refractivity contribution >= 4 is 37.6 Å². The summed E-state index contributed by atoms with van der Waals surface area (Å²) in [5.41, 5.74) is 6.15. The Hall–Kier alpha value is -4.15. The number of nitrogens with one attached hydrogen (secondary N) is 1. The Morgan fingerprint density at radius 2 is 1.97 bits per heavy atom. The van der Waals surface area contributed by atoms with Crippen LogP contribution in [0, 0.1) is 6.92 Å². The number of benzene rings is 1. The van der Waals surface area contributed by atoms with Gasteiger partial charge in [-0.05, 0) is 48.9 Å². The minimum absolute atomic E-state index is 0.102. The fourth-order valence-corrected chi connectivity index (χ4v) is 6.11. The molecule has 0 radical (unpaired) electrons. The molecule has 38 heavy (non-hydrogen) atoms. The summed E-state index contributed by atoms with van der Waals surface area (Å²) in [4.78, 5) is 26.8. The Labute approximate surface area is 219 Å². The molecule has 0 bridgehead atoms. The first kappa shape index (κ1) is 24.2. The number of hydrogen-bond donors (Lipinski definition) is 1. The van der Waals surface area contributed by atoms with Crippen molar-refractivity contribution < 1.29 is 17.9 Å². The van der Waals surface area contributed by atoms with Gasteiger partial charge in [0.05, 0.1) is 59.0 Å². The van der Waals surface area contributed by atoms with Gasteiger partial charge in [-0.15, -0.1) is 0 Å². The van der Waals surface area contributed by atoms with E-state index in [-0.39, 0.29) is 41.9 Å². The zero-order chi connectivity index (χ0) is 26.4. The van der Waals surface area contributed by atoms with Crippen LogP contribution in [0.1, 0.15) is 27.3 Å². The fourth-order valence-electron chi connectivity index (χ4n) is 4.72. The van der Waals surface area contributed by atoms with Crippen LogP contribution in [-0.4, -0.2) is 46.2 Å². The number of rotatable bonds is 4. The van der Waals surface area contributed by atoms with E-state index in [0.29, 0.717) is 11.3 Å². The molecule has 0 atom stereocenters. The lowest BCUT2D eigenvalue weighted by molar-refractivity contribution is 0.0950. The van der Waals surface area contributed by atoms with E-state index in [1.165, 1.54) is 6.07 Å². The number of aryl methyl sites for hydroxylation is 2. The largest absolute Gasteiger partial charge is 0.376 e. The molecule has 0 aliphatic carbocycles. The van der Waals surface area contributed by atoms with Gasteiger partial charge >= 0.3 is 0 Å². The number of fused-ring (bicyclic) bond motifs is 3. The molecule has 1 N–H and O–H groups in total. The van der Waals surface area contributed by atoms with E-state index in [0.717, 1.165) is 38.8 Å². The molecule has 1 aliphatic heterocycles. The van der Waals surface area contributed by atoms with Crippen molar-refractivity contribution in [1.29, 1.82) is 0 Å². The SMILES string of the molecule is Cc1cc2c(-c3ccc4cnc(CNC(=O)c5ccc6c(c5)S(=O)(=O)CCOC6)cc4n3)cncc2n1C. The second kappa shape index (κ2) is 9.30. The van der Waals surface area contributed by atoms with Gasteiger partial charge in [0.2, 0.25) is 0 Å². The third kappa shape index (κ3) is 4.31. The zero-order valence-corrected chi connectivity index (χ0v) is 21.7. The van der Waals surface area contributed by atoms with Crippen LogP contribution in [0.25, 0.3) is 33.1 Å². The van der Waals surface area contributed by atoms with Gasteiger partial charge in [-0.2, -0.15) is 0 Å². The van der Waals surface area contributed by atoms with Gasteiger partial charge in [-0.25, -0.2) is 13.4 Å². The third-order valence-electron chi connectivity index (χ3n) is 6.96. The van der Waals surface area contributed by atoms with E-state index < -0.39 is 9.84 Å². The van der Waals surface area contributed by atoms with Crippen LogP contribution < -0.4 is 5.32 Å². The summed E-state index contributed by atoms with van der Waals surface area (Å²) in [6.45, 7) is 2.57. The lowest BCUT2D eigenvalue weighted by Crippen LogP contribution is -2.23. The summed E-state index contributed by atoms with van der Waals surface area (Å²) in [5.74, 6) is -0.482. The maximum absolute atomic E-state index is 12.9. The molecular formula is C28H25N5O4S. The molecule has 6 rings (SSSR count). The van der Waals surface area contributed by atoms with Gasteiger partial charge in [-0.1, -0.05) is 6.07 Å². The first-order valence-electron chi connectivity index (χ1n) is 12.2. The molecule has 1 amide bonds. The quantitative estimate of drug-likeness (QED) is 0.379. The van der Waals surface area contributed by atoms with Crippen molar-refractivity contribution in [3.63, 3.8) is 0 Å². The van der Waals surface area contributed by atoms with Crippen molar-refractivity contribution in [3.05, 3.63) is 83.6 Å². The molecule has 0 fully saturated rings. The summed E-state index contributed by atoms with van der Waals surface area (Å²) in [6.07, 6.45) is 5.41. The van der Waals surface area contributed by atoms with Crippen molar-refractivity contribution in [2.75, 3.05) is 12.4 Å². The Bertz CT molecular complexity index is 1850. The average molecular weight is 528 g/mol. The number of hydrogen-bond acceptors (Lipinski definition) is 7. The number of aromatic nitrogens is 4. The fraction of sp³-hybridized carbons (Fsp3) is 0.214. The molecule has 0 spiro atoms. The molecule has 0 saturated carbocycles. The highest BCUT2D eigenvalue weighted by atomic mass is 32.2. The highest BCUT2D eigenvalue weighted by Gasteiger charge is 2.23. The van der Waals surface area contributed by atoms with Crippen LogP contribution in [0.15, 0.2) is 66.0 Å². The summed E-state index contributed by atoms with van der Waals surface area (Å²) < 4.78 is 32.6. The summed E-state index contributed by atoms with van der Waals surface area (Å²) in [7, 11) is -1.48. The highest BCUT2D eigenvalue weighted by Crippen LogP contribution is 2.30. The average Bonchev–Trinajstić information content (AvgIpc) is 3.12. The van der Waals surface area contributed by atoms with Gasteiger partial charge in [0.1, 0.15) is 0 Å². The van der Waals surface area contributed by atoms with Crippen molar-refractivity contribution in [2.24, 2.45) is 7.05 Å². The lowest BCUT2D eigenvalue weighted by Gasteiger charge is -2.10. The smallest absolute Gasteiger partial charge is 0.251 e. The number of carbonyl (C=O) groups is 1. The van der Waals surface area contributed by atoms with E-state index in [1.807, 2.05) is 37.6 Å². The maximum Gasteiger partial charge on any atom is 0.251 e. The topological polar surface area (TPSA) is 116 Å². The van der Waals surface area contributed by atoms with E-state index in [1.54, 1.807) is 18.3 Å². The summed E-state index contributed by atoms with van der Waals surface area (Å²) in [5, 5.41) is 4.81. The standard InChI is InChI=1S/C28H25N5O4S/c1-17-9-22-23(14-29-15-26(22)33(17)2)24-6-5-19-12-30-21(11-25(19)32-24)13-31-28(34)18-3-4-20-16-37-7-8-38(35,36)27(20)10-18/h3-6,9-12,14-15H,7-8,13,16H2,1-2H3,(H,31,34). The molecular weight excluding hydrogens is 502 g/mol. The number of ether oxygens (including phenoxy) is 1. The molecule has 192 valence electrons. The van der Waals surface area contributed by atoms with Gasteiger partial charge in [0, 0.05) is 47.0 Å². The summed E-state index contributed by atoms with van der Waals surface area (Å²) in [6, 6.07) is 12.6. The zero-order valence-electron chi connectivity index (χ0n) is 20.9. The van der Waals surface area contributed by atoms with Crippen LogP contribution in [0.4, 0.5) is 0 Å². The normalized spacial score (nSPS) is 14.8. The highest BCUT2D eigenvalue weighted by molar-refractivity contribution is 7.91. The van der Waals surface area contributed by atoms with E-state index in [2.05, 4.69) is 32.8 Å². The monoisotopic (exact) mass is 527 g/mol. The van der Waals surface area contributed by atoms with E-state index >= 15 is 0 Å². The van der Waals surface area contributed by atoms with E-state index in [9.17, 15) is 13.2 Å². The number of carbonyl (C=O) groups excluding carboxylic acids is 1. The Balaban J connectivity index is 1.26. The third-order valence-corrected chi connectivity index (χ3v) is 8.72. The molecule has 4 aromatic heterocycles. The molecule has 10 heteroatoms. The maximum atomic E-state index is 12.9. The number of nitrogens with zero attached hydrogens (tertiary/aromatic N) is 4. The minimum Gasteiger partial charge on any atom is -0.376 e. The molecule has 1 aliphatic rings. The van der Waals surface area contributed by atoms with Gasteiger partial charge < -0.3 is 14.6 Å². The van der Waals surface area contributed by atoms with Gasteiger partial charge in [0.25, 0.3) is 5.91 Å². The summed E-state index contributed by atoms with van der Waals surface area (Å²) >= 11 is 0. The first-order chi connectivity index (χ1) is 18.3. The molecule has 5 aromatic rings. The van der Waals surface area contributed by atoms with Crippen molar-refractivity contribution in [2.45, 2.75) is 25.0 Å². The Morgan fingerprint density at radius 1 is 1.11 bits per heavy atom. The predicted octanol–water partition coefficient (Wildman–Crippen LogP) is 3.73. The molecule has 1 aromatic carbocycles. The van der Waals surface area contributed by atoms with E-state index in [4.69, 9.17) is 9.72 Å². The van der Waals surface area contributed by atoms with Crippen LogP contribution in [-0.2, 0) is 34.8 Å². The van der Waals surface area contributed by atoms with Crippen LogP contribution in [0.5, 0.6) is 0 Å². The lowest BCUT2D eigenvalue weighted by atomic mass is 10.1. The number of amides is 1. The van der Waals surface area contributed by atoms with Crippen LogP contribution in [0.2, 0.25) is 0 Å². The van der Waals surface area contributed by atoms with Crippen LogP contribution in [0.3, 0.4) is 0 Å². The van der Waals surface area contributed by atoms with Crippen molar-refractivity contribution in [3.8, 4) is 11.3 Å². The number of pyridine rings is 3.